The predicted molar refractivity (Wildman–Crippen MR) is 150 cm³/mol. The summed E-state index contributed by atoms with van der Waals surface area (Å²) >= 11 is 6.12. The third kappa shape index (κ3) is 4.87. The van der Waals surface area contributed by atoms with Gasteiger partial charge in [0.25, 0.3) is 0 Å². The van der Waals surface area contributed by atoms with Crippen LogP contribution in [-0.4, -0.2) is 49.7 Å². The van der Waals surface area contributed by atoms with Crippen LogP contribution in [0.25, 0.3) is 21.9 Å². The molecular formula is C28H27Cl2N3O5. The Bertz CT molecular complexity index is 1510. The van der Waals surface area contributed by atoms with E-state index in [0.717, 1.165) is 40.4 Å². The third-order valence-electron chi connectivity index (χ3n) is 7.11. The molecule has 2 aliphatic heterocycles. The van der Waals surface area contributed by atoms with Crippen molar-refractivity contribution in [2.75, 3.05) is 37.0 Å². The van der Waals surface area contributed by atoms with Crippen molar-refractivity contribution in [1.82, 2.24) is 4.90 Å². The fraction of sp³-hybridized carbons (Fsp3) is 0.286. The number of hydrogen-bond donors (Lipinski definition) is 1. The van der Waals surface area contributed by atoms with E-state index in [-0.39, 0.29) is 43.6 Å². The van der Waals surface area contributed by atoms with Crippen molar-refractivity contribution in [1.29, 1.82) is 0 Å². The number of para-hydroxylation sites is 1. The number of halogens is 2. The molecule has 3 aromatic carbocycles. The van der Waals surface area contributed by atoms with Gasteiger partial charge in [-0.3, -0.25) is 14.6 Å². The Balaban J connectivity index is 0.00000294. The van der Waals surface area contributed by atoms with Crippen LogP contribution in [-0.2, 0) is 16.1 Å². The Hall–Kier alpha value is -3.46. The zero-order valence-corrected chi connectivity index (χ0v) is 22.3. The van der Waals surface area contributed by atoms with Crippen LogP contribution in [0.2, 0.25) is 5.02 Å². The number of methoxy groups -OCH3 is 1. The van der Waals surface area contributed by atoms with Gasteiger partial charge in [0.15, 0.2) is 0 Å². The highest BCUT2D eigenvalue weighted by Crippen LogP contribution is 2.37. The summed E-state index contributed by atoms with van der Waals surface area (Å²) in [6.07, 6.45) is 1.14. The number of rotatable bonds is 5. The van der Waals surface area contributed by atoms with Gasteiger partial charge in [0.2, 0.25) is 5.91 Å². The second-order valence-corrected chi connectivity index (χ2v) is 9.84. The summed E-state index contributed by atoms with van der Waals surface area (Å²) in [5.41, 5.74) is 3.80. The Morgan fingerprint density at radius 1 is 1.08 bits per heavy atom. The first-order valence-corrected chi connectivity index (χ1v) is 12.6. The number of nitrogens with one attached hydrogen (secondary N) is 1. The maximum atomic E-state index is 13.0. The highest BCUT2D eigenvalue weighted by molar-refractivity contribution is 6.30. The van der Waals surface area contributed by atoms with Gasteiger partial charge in [-0.2, -0.15) is 0 Å². The molecule has 3 heterocycles. The van der Waals surface area contributed by atoms with Gasteiger partial charge in [0.1, 0.15) is 23.5 Å². The first-order valence-electron chi connectivity index (χ1n) is 12.3. The lowest BCUT2D eigenvalue weighted by Gasteiger charge is -2.40. The molecule has 10 heteroatoms. The van der Waals surface area contributed by atoms with Crippen LogP contribution in [0.1, 0.15) is 18.4 Å². The molecule has 1 fully saturated rings. The number of amides is 2. The van der Waals surface area contributed by atoms with Crippen molar-refractivity contribution >= 4 is 69.3 Å². The van der Waals surface area contributed by atoms with Gasteiger partial charge in [-0.25, -0.2) is 4.79 Å². The zero-order chi connectivity index (χ0) is 25.5. The lowest BCUT2D eigenvalue weighted by Crippen LogP contribution is -2.50. The molecule has 1 saturated heterocycles. The second kappa shape index (κ2) is 10.7. The standard InChI is InChI=1S/C28H26ClN3O5.ClH/c1-35-26-13-21-20-4-2-3-5-24(20)37-25(21)14-22(26)30-27(33)15-31-10-8-19(9-11-31)32-23-7-6-18(29)12-17(23)16-36-28(32)34;/h2-7,12-14,19H,8-11,15-16H2,1H3,(H,30,33);1H. The van der Waals surface area contributed by atoms with Crippen molar-refractivity contribution in [3.8, 4) is 5.75 Å². The van der Waals surface area contributed by atoms with Gasteiger partial charge in [-0.1, -0.05) is 29.8 Å². The molecule has 4 aromatic rings. The molecule has 0 unspecified atom stereocenters. The van der Waals surface area contributed by atoms with E-state index < -0.39 is 0 Å². The van der Waals surface area contributed by atoms with Crippen molar-refractivity contribution in [3.05, 3.63) is 65.2 Å². The van der Waals surface area contributed by atoms with E-state index in [1.165, 1.54) is 0 Å². The molecule has 0 spiro atoms. The van der Waals surface area contributed by atoms with E-state index >= 15 is 0 Å². The first kappa shape index (κ1) is 26.2. The van der Waals surface area contributed by atoms with Crippen molar-refractivity contribution in [2.45, 2.75) is 25.5 Å². The molecule has 1 aromatic heterocycles. The van der Waals surface area contributed by atoms with E-state index in [4.69, 9.17) is 25.5 Å². The average Bonchev–Trinajstić information content (AvgIpc) is 3.26. The van der Waals surface area contributed by atoms with Crippen LogP contribution >= 0.6 is 24.0 Å². The minimum Gasteiger partial charge on any atom is -0.495 e. The minimum absolute atomic E-state index is 0. The Morgan fingerprint density at radius 3 is 2.66 bits per heavy atom. The monoisotopic (exact) mass is 555 g/mol. The van der Waals surface area contributed by atoms with Gasteiger partial charge in [0, 0.05) is 46.6 Å². The van der Waals surface area contributed by atoms with Gasteiger partial charge in [0.05, 0.1) is 25.0 Å². The highest BCUT2D eigenvalue weighted by Gasteiger charge is 2.34. The number of furan rings is 1. The van der Waals surface area contributed by atoms with Crippen molar-refractivity contribution in [3.63, 3.8) is 0 Å². The van der Waals surface area contributed by atoms with Crippen molar-refractivity contribution < 1.29 is 23.5 Å². The number of nitrogens with zero attached hydrogens (tertiary/aromatic N) is 2. The number of piperidine rings is 1. The molecule has 0 radical (unpaired) electrons. The van der Waals surface area contributed by atoms with Gasteiger partial charge < -0.3 is 19.2 Å². The topological polar surface area (TPSA) is 84.2 Å². The van der Waals surface area contributed by atoms with Gasteiger partial charge >= 0.3 is 6.09 Å². The summed E-state index contributed by atoms with van der Waals surface area (Å²) in [5.74, 6) is 0.443. The number of anilines is 2. The largest absolute Gasteiger partial charge is 0.495 e. The Morgan fingerprint density at radius 2 is 1.87 bits per heavy atom. The fourth-order valence-electron chi connectivity index (χ4n) is 5.30. The smallest absolute Gasteiger partial charge is 0.414 e. The summed E-state index contributed by atoms with van der Waals surface area (Å²) in [4.78, 5) is 29.4. The number of fused-ring (bicyclic) bond motifs is 4. The van der Waals surface area contributed by atoms with E-state index in [2.05, 4.69) is 10.2 Å². The van der Waals surface area contributed by atoms with Crippen LogP contribution in [0.5, 0.6) is 5.75 Å². The molecule has 1 N–H and O–H groups in total. The molecule has 6 rings (SSSR count). The number of carbonyl (C=O) groups is 2. The van der Waals surface area contributed by atoms with E-state index in [1.807, 2.05) is 48.5 Å². The number of likely N-dealkylation sites (tertiary alicyclic amines) is 1. The molecule has 0 bridgehead atoms. The average molecular weight is 556 g/mol. The summed E-state index contributed by atoms with van der Waals surface area (Å²) in [5, 5.41) is 5.54. The number of cyclic esters (lactones) is 1. The molecule has 2 aliphatic rings. The maximum absolute atomic E-state index is 13.0. The summed E-state index contributed by atoms with van der Waals surface area (Å²) in [7, 11) is 1.58. The van der Waals surface area contributed by atoms with E-state index in [1.54, 1.807) is 18.1 Å². The SMILES string of the molecule is COc1cc2c(cc1NC(=O)CN1CCC(N3C(=O)OCc4cc(Cl)ccc43)CC1)oc1ccccc12.Cl. The molecule has 2 amide bonds. The molecule has 0 saturated carbocycles. The van der Waals surface area contributed by atoms with Crippen LogP contribution in [0.4, 0.5) is 16.2 Å². The molecule has 198 valence electrons. The maximum Gasteiger partial charge on any atom is 0.414 e. The van der Waals surface area contributed by atoms with Crippen LogP contribution in [0.3, 0.4) is 0 Å². The second-order valence-electron chi connectivity index (χ2n) is 9.40. The minimum atomic E-state index is -0.334. The summed E-state index contributed by atoms with van der Waals surface area (Å²) in [6, 6.07) is 17.0. The molecule has 0 atom stereocenters. The number of carbonyl (C=O) groups excluding carboxylic acids is 2. The molecule has 0 aliphatic carbocycles. The number of hydrogen-bond acceptors (Lipinski definition) is 6. The molecule has 38 heavy (non-hydrogen) atoms. The molecule has 8 nitrogen and oxygen atoms in total. The van der Waals surface area contributed by atoms with Crippen LogP contribution < -0.4 is 15.0 Å². The van der Waals surface area contributed by atoms with Crippen LogP contribution in [0, 0.1) is 0 Å². The quantitative estimate of drug-likeness (QED) is 0.314. The van der Waals surface area contributed by atoms with E-state index in [9.17, 15) is 9.59 Å². The van der Waals surface area contributed by atoms with E-state index in [0.29, 0.717) is 35.1 Å². The summed E-state index contributed by atoms with van der Waals surface area (Å²) in [6.45, 7) is 1.84. The predicted octanol–water partition coefficient (Wildman–Crippen LogP) is 6.23. The van der Waals surface area contributed by atoms with Gasteiger partial charge in [-0.15, -0.1) is 12.4 Å². The normalized spacial score (nSPS) is 16.2. The zero-order valence-electron chi connectivity index (χ0n) is 20.7. The Kier molecular flexibility index (Phi) is 7.38. The number of benzene rings is 3. The Labute approximate surface area is 230 Å². The molecular weight excluding hydrogens is 529 g/mol. The first-order chi connectivity index (χ1) is 18.0. The lowest BCUT2D eigenvalue weighted by atomic mass is 10.0. The summed E-state index contributed by atoms with van der Waals surface area (Å²) < 4.78 is 16.9. The highest BCUT2D eigenvalue weighted by atomic mass is 35.5. The number of ether oxygens (including phenoxy) is 2. The van der Waals surface area contributed by atoms with Gasteiger partial charge in [-0.05, 0) is 43.2 Å². The van der Waals surface area contributed by atoms with Crippen LogP contribution in [0.15, 0.2) is 59.0 Å². The third-order valence-corrected chi connectivity index (χ3v) is 7.35. The lowest BCUT2D eigenvalue weighted by molar-refractivity contribution is -0.117. The fourth-order valence-corrected chi connectivity index (χ4v) is 5.50. The van der Waals surface area contributed by atoms with Crippen molar-refractivity contribution in [2.24, 2.45) is 0 Å².